The van der Waals surface area contributed by atoms with E-state index in [2.05, 4.69) is 27.5 Å². The molecule has 108 valence electrons. The van der Waals surface area contributed by atoms with E-state index in [1.54, 1.807) is 24.6 Å². The topological polar surface area (TPSA) is 85.8 Å². The summed E-state index contributed by atoms with van der Waals surface area (Å²) in [7, 11) is 0. The van der Waals surface area contributed by atoms with Crippen molar-refractivity contribution in [3.05, 3.63) is 60.7 Å². The lowest BCUT2D eigenvalue weighted by molar-refractivity contribution is 0.559. The van der Waals surface area contributed by atoms with E-state index in [0.717, 1.165) is 11.4 Å². The number of furan rings is 1. The van der Waals surface area contributed by atoms with Gasteiger partial charge in [-0.25, -0.2) is 5.53 Å². The molecule has 0 saturated heterocycles. The monoisotopic (exact) mass is 283 g/mol. The fourth-order valence-corrected chi connectivity index (χ4v) is 1.68. The molecule has 0 atom stereocenters. The summed E-state index contributed by atoms with van der Waals surface area (Å²) >= 11 is 0. The number of para-hydroxylation sites is 2. The van der Waals surface area contributed by atoms with Crippen LogP contribution in [0.3, 0.4) is 0 Å². The number of nitrogens with zero attached hydrogens (tertiary/aromatic N) is 2. The quantitative estimate of drug-likeness (QED) is 0.390. The highest BCUT2D eigenvalue weighted by atomic mass is 16.3. The lowest BCUT2D eigenvalue weighted by Crippen LogP contribution is -2.10. The molecule has 2 aromatic rings. The van der Waals surface area contributed by atoms with Gasteiger partial charge in [0.15, 0.2) is 0 Å². The number of hydrogen-bond donors (Lipinski definition) is 3. The Morgan fingerprint density at radius 1 is 1.29 bits per heavy atom. The van der Waals surface area contributed by atoms with Gasteiger partial charge in [-0.1, -0.05) is 18.7 Å². The molecule has 1 aromatic carbocycles. The third kappa shape index (κ3) is 4.61. The van der Waals surface area contributed by atoms with Crippen molar-refractivity contribution >= 4 is 17.6 Å². The van der Waals surface area contributed by atoms with Crippen molar-refractivity contribution in [1.29, 1.82) is 5.53 Å². The zero-order chi connectivity index (χ0) is 14.9. The smallest absolute Gasteiger partial charge is 0.146 e. The standard InChI is InChI=1S/C15H17N5O/c1-12(20-18-11-13-5-4-10-21-13)8-9-17-14-6-2-3-7-15(14)19-16/h2-7,10-11,16-17,20H,1,8-9H2/b18-11+,19-16?. The molecule has 6 heteroatoms. The number of nitrogens with one attached hydrogen (secondary N) is 3. The average molecular weight is 283 g/mol. The summed E-state index contributed by atoms with van der Waals surface area (Å²) < 4.78 is 5.12. The molecular weight excluding hydrogens is 266 g/mol. The minimum atomic E-state index is 0.618. The Labute approximate surface area is 123 Å². The van der Waals surface area contributed by atoms with Gasteiger partial charge in [0.25, 0.3) is 0 Å². The average Bonchev–Trinajstić information content (AvgIpc) is 3.01. The van der Waals surface area contributed by atoms with Crippen LogP contribution in [0.2, 0.25) is 0 Å². The zero-order valence-electron chi connectivity index (χ0n) is 11.5. The molecule has 0 spiro atoms. The maximum absolute atomic E-state index is 7.09. The second-order valence-electron chi connectivity index (χ2n) is 4.29. The van der Waals surface area contributed by atoms with Crippen LogP contribution in [0.1, 0.15) is 12.2 Å². The fourth-order valence-electron chi connectivity index (χ4n) is 1.68. The maximum atomic E-state index is 7.09. The SMILES string of the molecule is C=C(CCNc1ccccc1N=N)N/N=C/c1ccco1. The maximum Gasteiger partial charge on any atom is 0.146 e. The van der Waals surface area contributed by atoms with Gasteiger partial charge in [-0.15, -0.1) is 0 Å². The highest BCUT2D eigenvalue weighted by Gasteiger charge is 1.99. The van der Waals surface area contributed by atoms with Gasteiger partial charge >= 0.3 is 0 Å². The molecule has 0 unspecified atom stereocenters. The van der Waals surface area contributed by atoms with Gasteiger partial charge in [0.05, 0.1) is 18.2 Å². The van der Waals surface area contributed by atoms with Crippen LogP contribution in [0, 0.1) is 5.53 Å². The molecular formula is C15H17N5O. The third-order valence-corrected chi connectivity index (χ3v) is 2.72. The van der Waals surface area contributed by atoms with Crippen LogP contribution in [0.15, 0.2) is 69.6 Å². The Bertz CT molecular complexity index is 619. The summed E-state index contributed by atoms with van der Waals surface area (Å²) in [6.45, 7) is 4.57. The van der Waals surface area contributed by atoms with Crippen LogP contribution in [-0.4, -0.2) is 12.8 Å². The van der Waals surface area contributed by atoms with E-state index in [1.807, 2.05) is 24.3 Å². The molecule has 3 N–H and O–H groups in total. The fraction of sp³-hybridized carbons (Fsp3) is 0.133. The van der Waals surface area contributed by atoms with Gasteiger partial charge in [-0.2, -0.15) is 10.2 Å². The predicted molar refractivity (Wildman–Crippen MR) is 82.9 cm³/mol. The Balaban J connectivity index is 1.73. The molecule has 0 aliphatic rings. The Kier molecular flexibility index (Phi) is 5.28. The molecule has 2 rings (SSSR count). The van der Waals surface area contributed by atoms with E-state index >= 15 is 0 Å². The molecule has 0 saturated carbocycles. The largest absolute Gasteiger partial charge is 0.463 e. The summed E-state index contributed by atoms with van der Waals surface area (Å²) in [6.07, 6.45) is 3.88. The van der Waals surface area contributed by atoms with Crippen molar-refractivity contribution in [2.45, 2.75) is 6.42 Å². The molecule has 0 aliphatic carbocycles. The van der Waals surface area contributed by atoms with Gasteiger partial charge in [0.2, 0.25) is 0 Å². The molecule has 0 amide bonds. The van der Waals surface area contributed by atoms with Crippen molar-refractivity contribution in [2.24, 2.45) is 10.2 Å². The summed E-state index contributed by atoms with van der Waals surface area (Å²) in [5.74, 6) is 0.680. The zero-order valence-corrected chi connectivity index (χ0v) is 11.5. The number of hydrogen-bond acceptors (Lipinski definition) is 6. The van der Waals surface area contributed by atoms with Gasteiger partial charge in [0.1, 0.15) is 11.4 Å². The second-order valence-corrected chi connectivity index (χ2v) is 4.29. The molecule has 0 fully saturated rings. The van der Waals surface area contributed by atoms with Crippen molar-refractivity contribution in [3.8, 4) is 0 Å². The molecule has 6 nitrogen and oxygen atoms in total. The Morgan fingerprint density at radius 3 is 2.90 bits per heavy atom. The van der Waals surface area contributed by atoms with E-state index in [-0.39, 0.29) is 0 Å². The molecule has 21 heavy (non-hydrogen) atoms. The van der Waals surface area contributed by atoms with Crippen molar-refractivity contribution < 1.29 is 4.42 Å². The van der Waals surface area contributed by atoms with Crippen LogP contribution in [0.4, 0.5) is 11.4 Å². The summed E-state index contributed by atoms with van der Waals surface area (Å²) in [6, 6.07) is 11.0. The van der Waals surface area contributed by atoms with Gasteiger partial charge in [0, 0.05) is 18.7 Å². The minimum absolute atomic E-state index is 0.618. The normalized spacial score (nSPS) is 10.5. The van der Waals surface area contributed by atoms with E-state index in [1.165, 1.54) is 0 Å². The Morgan fingerprint density at radius 2 is 2.14 bits per heavy atom. The number of benzene rings is 1. The van der Waals surface area contributed by atoms with Crippen LogP contribution in [0.5, 0.6) is 0 Å². The van der Waals surface area contributed by atoms with Crippen molar-refractivity contribution in [2.75, 3.05) is 11.9 Å². The predicted octanol–water partition coefficient (Wildman–Crippen LogP) is 3.88. The minimum Gasteiger partial charge on any atom is -0.463 e. The van der Waals surface area contributed by atoms with Gasteiger partial charge < -0.3 is 9.73 Å². The molecule has 0 radical (unpaired) electrons. The van der Waals surface area contributed by atoms with Crippen LogP contribution >= 0.6 is 0 Å². The highest BCUT2D eigenvalue weighted by Crippen LogP contribution is 2.23. The van der Waals surface area contributed by atoms with E-state index in [9.17, 15) is 0 Å². The number of hydrazone groups is 1. The molecule has 1 heterocycles. The lowest BCUT2D eigenvalue weighted by Gasteiger charge is -2.09. The summed E-state index contributed by atoms with van der Waals surface area (Å²) in [5, 5.41) is 10.7. The molecule has 0 bridgehead atoms. The van der Waals surface area contributed by atoms with Gasteiger partial charge in [-0.05, 0) is 24.3 Å². The molecule has 0 aliphatic heterocycles. The van der Waals surface area contributed by atoms with E-state index in [4.69, 9.17) is 9.95 Å². The molecule has 1 aromatic heterocycles. The van der Waals surface area contributed by atoms with Gasteiger partial charge in [-0.3, -0.25) is 5.43 Å². The summed E-state index contributed by atoms with van der Waals surface area (Å²) in [4.78, 5) is 0. The number of anilines is 1. The first kappa shape index (κ1) is 14.5. The van der Waals surface area contributed by atoms with E-state index < -0.39 is 0 Å². The van der Waals surface area contributed by atoms with E-state index in [0.29, 0.717) is 24.4 Å². The first-order valence-electron chi connectivity index (χ1n) is 6.50. The lowest BCUT2D eigenvalue weighted by atomic mass is 10.2. The number of rotatable bonds is 8. The third-order valence-electron chi connectivity index (χ3n) is 2.72. The second kappa shape index (κ2) is 7.64. The first-order chi connectivity index (χ1) is 10.3. The van der Waals surface area contributed by atoms with Crippen LogP contribution < -0.4 is 10.7 Å². The summed E-state index contributed by atoms with van der Waals surface area (Å²) in [5.41, 5.74) is 12.2. The van der Waals surface area contributed by atoms with Crippen LogP contribution in [0.25, 0.3) is 0 Å². The van der Waals surface area contributed by atoms with Crippen LogP contribution in [-0.2, 0) is 0 Å². The highest BCUT2D eigenvalue weighted by molar-refractivity contribution is 5.75. The first-order valence-corrected chi connectivity index (χ1v) is 6.50. The van der Waals surface area contributed by atoms with Crippen molar-refractivity contribution in [1.82, 2.24) is 5.43 Å². The Hall–Kier alpha value is -2.89. The van der Waals surface area contributed by atoms with Crippen molar-refractivity contribution in [3.63, 3.8) is 0 Å².